The summed E-state index contributed by atoms with van der Waals surface area (Å²) in [5.41, 5.74) is 0. The minimum Gasteiger partial charge on any atom is -0.480 e. The fraction of sp³-hybridized carbons (Fsp3) is 0.750. The second kappa shape index (κ2) is 4.78. The number of carboxylic acid groups (broad SMARTS) is 1. The van der Waals surface area contributed by atoms with Crippen molar-refractivity contribution in [2.45, 2.75) is 25.3 Å². The van der Waals surface area contributed by atoms with Crippen molar-refractivity contribution in [2.75, 3.05) is 11.0 Å². The number of likely N-dealkylation sites (tertiary alicyclic amines) is 1. The van der Waals surface area contributed by atoms with E-state index in [-0.39, 0.29) is 5.91 Å². The van der Waals surface area contributed by atoms with Crippen molar-refractivity contribution >= 4 is 34.5 Å². The Morgan fingerprint density at radius 3 is 2.69 bits per heavy atom. The predicted molar refractivity (Wildman–Crippen MR) is 55.9 cm³/mol. The lowest BCUT2D eigenvalue weighted by Crippen LogP contribution is -2.48. The van der Waals surface area contributed by atoms with Crippen LogP contribution in [-0.4, -0.2) is 38.9 Å². The molecule has 1 N–H and O–H groups in total. The van der Waals surface area contributed by atoms with Crippen molar-refractivity contribution in [3.63, 3.8) is 0 Å². The smallest absolute Gasteiger partial charge is 0.326 e. The third kappa shape index (κ3) is 2.55. The fourth-order valence-corrected chi connectivity index (χ4v) is 2.00. The number of hydrogen-bond donors (Lipinski definition) is 1. The Labute approximate surface area is 90.4 Å². The second-order valence-electron chi connectivity index (χ2n) is 3.07. The maximum absolute atomic E-state index is 11.3. The van der Waals surface area contributed by atoms with Gasteiger partial charge < -0.3 is 10.0 Å². The van der Waals surface area contributed by atoms with E-state index in [0.717, 1.165) is 12.8 Å². The summed E-state index contributed by atoms with van der Waals surface area (Å²) in [4.78, 5) is 23.6. The number of halogens is 1. The highest BCUT2D eigenvalue weighted by atomic mass is 127. The molecule has 1 amide bonds. The molecule has 5 heteroatoms. The monoisotopic (exact) mass is 297 g/mol. The molecule has 1 rings (SSSR count). The minimum atomic E-state index is -0.877. The van der Waals surface area contributed by atoms with Gasteiger partial charge in [-0.25, -0.2) is 4.79 Å². The summed E-state index contributed by atoms with van der Waals surface area (Å²) in [6.07, 6.45) is 2.42. The van der Waals surface area contributed by atoms with Gasteiger partial charge in [-0.05, 0) is 19.3 Å². The highest BCUT2D eigenvalue weighted by Gasteiger charge is 2.30. The number of aliphatic carboxylic acids is 1. The van der Waals surface area contributed by atoms with Crippen molar-refractivity contribution < 1.29 is 14.7 Å². The van der Waals surface area contributed by atoms with Gasteiger partial charge in [-0.15, -0.1) is 0 Å². The zero-order valence-corrected chi connectivity index (χ0v) is 9.36. The van der Waals surface area contributed by atoms with Crippen LogP contribution in [0.25, 0.3) is 0 Å². The number of amides is 1. The molecule has 0 aromatic heterocycles. The summed E-state index contributed by atoms with van der Waals surface area (Å²) >= 11 is 1.97. The quantitative estimate of drug-likeness (QED) is 0.608. The van der Waals surface area contributed by atoms with E-state index in [2.05, 4.69) is 0 Å². The minimum absolute atomic E-state index is 0.0623. The third-order valence-electron chi connectivity index (χ3n) is 2.22. The second-order valence-corrected chi connectivity index (χ2v) is 3.83. The van der Waals surface area contributed by atoms with E-state index in [9.17, 15) is 9.59 Å². The molecule has 13 heavy (non-hydrogen) atoms. The lowest BCUT2D eigenvalue weighted by Gasteiger charge is -2.32. The van der Waals surface area contributed by atoms with Crippen molar-refractivity contribution in [2.24, 2.45) is 0 Å². The van der Waals surface area contributed by atoms with Crippen LogP contribution in [0.1, 0.15) is 19.3 Å². The molecule has 1 aliphatic rings. The van der Waals surface area contributed by atoms with E-state index in [1.54, 1.807) is 0 Å². The van der Waals surface area contributed by atoms with E-state index < -0.39 is 12.0 Å². The maximum atomic E-state index is 11.3. The van der Waals surface area contributed by atoms with E-state index in [0.29, 0.717) is 17.4 Å². The Bertz CT molecular complexity index is 219. The van der Waals surface area contributed by atoms with E-state index in [1.807, 2.05) is 22.6 Å². The maximum Gasteiger partial charge on any atom is 0.326 e. The topological polar surface area (TPSA) is 57.6 Å². The summed E-state index contributed by atoms with van der Waals surface area (Å²) < 4.78 is 0.363. The first-order valence-corrected chi connectivity index (χ1v) is 5.77. The summed E-state index contributed by atoms with van der Waals surface area (Å²) in [5, 5.41) is 8.86. The van der Waals surface area contributed by atoms with Crippen LogP contribution >= 0.6 is 22.6 Å². The molecule has 4 nitrogen and oxygen atoms in total. The molecule has 0 spiro atoms. The molecular weight excluding hydrogens is 285 g/mol. The number of piperidine rings is 1. The Morgan fingerprint density at radius 1 is 1.46 bits per heavy atom. The molecule has 0 aromatic rings. The standard InChI is InChI=1S/C8H12INO3/c9-5-7(11)10-4-2-1-3-6(10)8(12)13/h6H,1-5H2,(H,12,13). The van der Waals surface area contributed by atoms with Gasteiger partial charge in [0.2, 0.25) is 5.91 Å². The van der Waals surface area contributed by atoms with E-state index in [4.69, 9.17) is 5.11 Å². The first kappa shape index (κ1) is 10.7. The Hall–Kier alpha value is -0.330. The van der Waals surface area contributed by atoms with Crippen LogP contribution in [0.3, 0.4) is 0 Å². The molecule has 74 valence electrons. The van der Waals surface area contributed by atoms with Crippen LogP contribution in [0.4, 0.5) is 0 Å². The van der Waals surface area contributed by atoms with Gasteiger partial charge in [0, 0.05) is 6.54 Å². The van der Waals surface area contributed by atoms with Gasteiger partial charge in [-0.2, -0.15) is 0 Å². The van der Waals surface area contributed by atoms with Crippen LogP contribution < -0.4 is 0 Å². The largest absolute Gasteiger partial charge is 0.480 e. The number of carbonyl (C=O) groups is 2. The zero-order chi connectivity index (χ0) is 9.84. The van der Waals surface area contributed by atoms with Gasteiger partial charge >= 0.3 is 5.97 Å². The molecule has 1 unspecified atom stereocenters. The van der Waals surface area contributed by atoms with Crippen LogP contribution in [0, 0.1) is 0 Å². The average Bonchev–Trinajstić information content (AvgIpc) is 2.16. The van der Waals surface area contributed by atoms with Crippen molar-refractivity contribution in [1.29, 1.82) is 0 Å². The van der Waals surface area contributed by atoms with Crippen molar-refractivity contribution in [3.05, 3.63) is 0 Å². The summed E-state index contributed by atoms with van der Waals surface area (Å²) in [7, 11) is 0. The van der Waals surface area contributed by atoms with Gasteiger partial charge in [0.25, 0.3) is 0 Å². The summed E-state index contributed by atoms with van der Waals surface area (Å²) in [6, 6.07) is -0.587. The number of carbonyl (C=O) groups excluding carboxylic acids is 1. The van der Waals surface area contributed by atoms with E-state index in [1.165, 1.54) is 4.90 Å². The van der Waals surface area contributed by atoms with Crippen LogP contribution in [-0.2, 0) is 9.59 Å². The van der Waals surface area contributed by atoms with Crippen molar-refractivity contribution in [3.8, 4) is 0 Å². The lowest BCUT2D eigenvalue weighted by atomic mass is 10.0. The lowest BCUT2D eigenvalue weighted by molar-refractivity contribution is -0.150. The number of nitrogens with zero attached hydrogens (tertiary/aromatic N) is 1. The van der Waals surface area contributed by atoms with Gasteiger partial charge in [0.15, 0.2) is 0 Å². The molecule has 1 atom stereocenters. The molecule has 0 radical (unpaired) electrons. The van der Waals surface area contributed by atoms with Crippen molar-refractivity contribution in [1.82, 2.24) is 4.90 Å². The summed E-state index contributed by atoms with van der Waals surface area (Å²) in [6.45, 7) is 0.596. The first-order valence-electron chi connectivity index (χ1n) is 4.25. The van der Waals surface area contributed by atoms with Gasteiger partial charge in [-0.1, -0.05) is 22.6 Å². The highest BCUT2D eigenvalue weighted by Crippen LogP contribution is 2.17. The normalized spacial score (nSPS) is 22.8. The molecule has 1 heterocycles. The molecule has 1 fully saturated rings. The van der Waals surface area contributed by atoms with Gasteiger partial charge in [0.05, 0.1) is 4.43 Å². The first-order chi connectivity index (χ1) is 6.16. The molecular formula is C8H12INO3. The Balaban J connectivity index is 2.67. The molecule has 1 aliphatic heterocycles. The zero-order valence-electron chi connectivity index (χ0n) is 7.20. The van der Waals surface area contributed by atoms with Crippen LogP contribution in [0.5, 0.6) is 0 Å². The Morgan fingerprint density at radius 2 is 2.15 bits per heavy atom. The number of alkyl halides is 1. The molecule has 0 aliphatic carbocycles. The van der Waals surface area contributed by atoms with E-state index >= 15 is 0 Å². The predicted octanol–water partition coefficient (Wildman–Crippen LogP) is 0.887. The summed E-state index contributed by atoms with van der Waals surface area (Å²) in [5.74, 6) is -0.939. The third-order valence-corrected chi connectivity index (χ3v) is 2.88. The molecule has 1 saturated heterocycles. The molecule has 0 saturated carbocycles. The molecule has 0 bridgehead atoms. The van der Waals surface area contributed by atoms with Crippen LogP contribution in [0.2, 0.25) is 0 Å². The van der Waals surface area contributed by atoms with Gasteiger partial charge in [-0.3, -0.25) is 4.79 Å². The SMILES string of the molecule is O=C(O)C1CCCCN1C(=O)CI. The number of carboxylic acids is 1. The fourth-order valence-electron chi connectivity index (χ4n) is 1.56. The number of rotatable bonds is 2. The highest BCUT2D eigenvalue weighted by molar-refractivity contribution is 14.1. The Kier molecular flexibility index (Phi) is 3.95. The molecule has 0 aromatic carbocycles. The van der Waals surface area contributed by atoms with Crippen LogP contribution in [0.15, 0.2) is 0 Å². The van der Waals surface area contributed by atoms with Gasteiger partial charge in [0.1, 0.15) is 6.04 Å². The number of hydrogen-bond acceptors (Lipinski definition) is 2. The average molecular weight is 297 g/mol.